The number of pyridine rings is 1. The lowest BCUT2D eigenvalue weighted by molar-refractivity contribution is 0.0668. The lowest BCUT2D eigenvalue weighted by atomic mass is 9.72. The fourth-order valence-corrected chi connectivity index (χ4v) is 9.19. The molecule has 4 aliphatic heterocycles. The average Bonchev–Trinajstić information content (AvgIpc) is 3.78. The summed E-state index contributed by atoms with van der Waals surface area (Å²) in [4.78, 5) is 21.4. The van der Waals surface area contributed by atoms with Crippen LogP contribution in [-0.4, -0.2) is 94.6 Å². The van der Waals surface area contributed by atoms with Crippen LogP contribution < -0.4 is 19.9 Å². The number of nitrogens with one attached hydrogen (secondary N) is 1. The van der Waals surface area contributed by atoms with Crippen molar-refractivity contribution in [2.24, 2.45) is 11.3 Å². The van der Waals surface area contributed by atoms with E-state index in [0.29, 0.717) is 52.7 Å². The molecule has 3 unspecified atom stereocenters. The minimum Gasteiger partial charge on any atom is -0.508 e. The standard InChI is InChI=1S/C42H51FN8O3/c1-5-27-7-6-8-28-17-31(52)18-32(36(27)28)38-37(43)39-33(20-44-38)40(50-21-29-9-10-30(22-50)45-29)47-41(46-39)53-16-15-49-13-11-42(12-14-49)23-51(24-42)35-19-34(54-48-35)26(4)25(2)3/h6-8,17-20,25-26,29-30,45,52H,5,9-16,21-24H2,1-4H3. The van der Waals surface area contributed by atoms with Crippen LogP contribution in [0.2, 0.25) is 0 Å². The number of aromatic hydroxyl groups is 1. The molecule has 3 atom stereocenters. The van der Waals surface area contributed by atoms with E-state index in [-0.39, 0.29) is 23.0 Å². The van der Waals surface area contributed by atoms with E-state index in [1.807, 2.05) is 18.2 Å². The van der Waals surface area contributed by atoms with Crippen molar-refractivity contribution in [3.05, 3.63) is 59.7 Å². The molecule has 0 saturated carbocycles. The maximum atomic E-state index is 16.9. The fourth-order valence-electron chi connectivity index (χ4n) is 9.19. The van der Waals surface area contributed by atoms with Gasteiger partial charge in [-0.05, 0) is 79.6 Å². The number of fused-ring (bicyclic) bond motifs is 4. The van der Waals surface area contributed by atoms with Crippen molar-refractivity contribution in [2.45, 2.75) is 77.8 Å². The molecular weight excluding hydrogens is 684 g/mol. The summed E-state index contributed by atoms with van der Waals surface area (Å²) in [5.74, 6) is 2.98. The van der Waals surface area contributed by atoms with Crippen molar-refractivity contribution in [1.82, 2.24) is 30.3 Å². The average molecular weight is 735 g/mol. The van der Waals surface area contributed by atoms with Crippen LogP contribution in [0.15, 0.2) is 47.1 Å². The van der Waals surface area contributed by atoms with Crippen LogP contribution >= 0.6 is 0 Å². The summed E-state index contributed by atoms with van der Waals surface area (Å²) in [6, 6.07) is 12.3. The van der Waals surface area contributed by atoms with E-state index in [1.54, 1.807) is 18.3 Å². The van der Waals surface area contributed by atoms with Crippen LogP contribution in [0.25, 0.3) is 32.9 Å². The van der Waals surface area contributed by atoms with Crippen molar-refractivity contribution < 1.29 is 18.8 Å². The van der Waals surface area contributed by atoms with E-state index < -0.39 is 5.82 Å². The van der Waals surface area contributed by atoms with Gasteiger partial charge in [-0.2, -0.15) is 9.97 Å². The number of benzene rings is 2. The summed E-state index contributed by atoms with van der Waals surface area (Å²) in [5, 5.41) is 21.0. The molecule has 4 saturated heterocycles. The van der Waals surface area contributed by atoms with Gasteiger partial charge in [0.05, 0.1) is 5.39 Å². The number of aryl methyl sites for hydroxylation is 1. The first-order valence-corrected chi connectivity index (χ1v) is 19.9. The number of anilines is 2. The molecule has 7 heterocycles. The quantitative estimate of drug-likeness (QED) is 0.156. The minimum atomic E-state index is -0.538. The molecule has 284 valence electrons. The molecule has 2 bridgehead atoms. The summed E-state index contributed by atoms with van der Waals surface area (Å²) in [5.41, 5.74) is 2.27. The van der Waals surface area contributed by atoms with E-state index in [9.17, 15) is 5.11 Å². The lowest BCUT2D eigenvalue weighted by Crippen LogP contribution is -2.60. The van der Waals surface area contributed by atoms with Gasteiger partial charge in [-0.25, -0.2) is 4.39 Å². The Bertz CT molecular complexity index is 2160. The molecule has 2 aromatic carbocycles. The van der Waals surface area contributed by atoms with Gasteiger partial charge in [0.15, 0.2) is 11.6 Å². The number of ether oxygens (including phenoxy) is 1. The van der Waals surface area contributed by atoms with Crippen LogP contribution in [-0.2, 0) is 6.42 Å². The molecule has 11 nitrogen and oxygen atoms in total. The van der Waals surface area contributed by atoms with Crippen molar-refractivity contribution in [3.63, 3.8) is 0 Å². The largest absolute Gasteiger partial charge is 0.508 e. The molecule has 2 N–H and O–H groups in total. The fraction of sp³-hybridized carbons (Fsp3) is 0.524. The second-order valence-electron chi connectivity index (χ2n) is 16.6. The van der Waals surface area contributed by atoms with Crippen LogP contribution in [0.4, 0.5) is 16.0 Å². The Morgan fingerprint density at radius 1 is 1.04 bits per heavy atom. The van der Waals surface area contributed by atoms with Crippen LogP contribution in [0.1, 0.15) is 70.6 Å². The number of phenolic OH excluding ortho intramolecular Hbond substituents is 1. The number of likely N-dealkylation sites (tertiary alicyclic amines) is 1. The van der Waals surface area contributed by atoms with Crippen molar-refractivity contribution >= 4 is 33.3 Å². The van der Waals surface area contributed by atoms with Crippen LogP contribution in [0, 0.1) is 17.2 Å². The highest BCUT2D eigenvalue weighted by Gasteiger charge is 2.46. The molecule has 3 aromatic heterocycles. The van der Waals surface area contributed by atoms with E-state index in [0.717, 1.165) is 106 Å². The van der Waals surface area contributed by atoms with E-state index in [2.05, 4.69) is 58.9 Å². The highest BCUT2D eigenvalue weighted by molar-refractivity contribution is 6.01. The Kier molecular flexibility index (Phi) is 9.08. The van der Waals surface area contributed by atoms with Gasteiger partial charge in [0.2, 0.25) is 0 Å². The van der Waals surface area contributed by atoms with Crippen LogP contribution in [0.5, 0.6) is 11.8 Å². The number of hydrogen-bond acceptors (Lipinski definition) is 11. The van der Waals surface area contributed by atoms with Gasteiger partial charge >= 0.3 is 6.01 Å². The second kappa shape index (κ2) is 13.9. The SMILES string of the molecule is CCc1cccc2cc(O)cc(-c3ncc4c(N5CC6CCC(C5)N6)nc(OCCN5CCC6(CC5)CN(c5cc(C(C)C(C)C)on5)C6)nc4c3F)c12. The first-order valence-electron chi connectivity index (χ1n) is 19.9. The number of piperazine rings is 1. The normalized spacial score (nSPS) is 21.7. The van der Waals surface area contributed by atoms with Gasteiger partial charge < -0.3 is 29.5 Å². The molecule has 5 aromatic rings. The number of piperidine rings is 1. The summed E-state index contributed by atoms with van der Waals surface area (Å²) in [6.07, 6.45) is 6.94. The van der Waals surface area contributed by atoms with Crippen LogP contribution in [0.3, 0.4) is 0 Å². The maximum absolute atomic E-state index is 16.9. The van der Waals surface area contributed by atoms with Gasteiger partial charge in [0.25, 0.3) is 0 Å². The monoisotopic (exact) mass is 734 g/mol. The number of hydrogen-bond donors (Lipinski definition) is 2. The molecule has 54 heavy (non-hydrogen) atoms. The molecule has 4 aliphatic rings. The molecule has 4 fully saturated rings. The summed E-state index contributed by atoms with van der Waals surface area (Å²) in [6.45, 7) is 15.4. The molecule has 0 radical (unpaired) electrons. The highest BCUT2D eigenvalue weighted by Crippen LogP contribution is 2.43. The molecule has 12 heteroatoms. The first-order chi connectivity index (χ1) is 26.2. The highest BCUT2D eigenvalue weighted by atomic mass is 19.1. The number of rotatable bonds is 10. The zero-order valence-corrected chi connectivity index (χ0v) is 31.8. The first kappa shape index (κ1) is 35.2. The van der Waals surface area contributed by atoms with Gasteiger partial charge in [-0.1, -0.05) is 51.1 Å². The third kappa shape index (κ3) is 6.40. The lowest BCUT2D eigenvalue weighted by Gasteiger charge is -2.54. The Labute approximate surface area is 315 Å². The topological polar surface area (TPSA) is 116 Å². The number of aromatic nitrogens is 4. The Balaban J connectivity index is 0.927. The molecular formula is C42H51FN8O3. The predicted molar refractivity (Wildman–Crippen MR) is 209 cm³/mol. The third-order valence-corrected chi connectivity index (χ3v) is 12.7. The summed E-state index contributed by atoms with van der Waals surface area (Å²) in [7, 11) is 0. The number of halogens is 1. The smallest absolute Gasteiger partial charge is 0.319 e. The molecule has 0 amide bonds. The van der Waals surface area contributed by atoms with Gasteiger partial charge in [-0.3, -0.25) is 9.88 Å². The molecule has 9 rings (SSSR count). The summed E-state index contributed by atoms with van der Waals surface area (Å²) >= 11 is 0. The Morgan fingerprint density at radius 3 is 2.56 bits per heavy atom. The number of nitrogens with zero attached hydrogens (tertiary/aromatic N) is 7. The maximum Gasteiger partial charge on any atom is 0.319 e. The second-order valence-corrected chi connectivity index (χ2v) is 16.6. The van der Waals surface area contributed by atoms with E-state index >= 15 is 4.39 Å². The van der Waals surface area contributed by atoms with Crippen molar-refractivity contribution in [3.8, 4) is 23.0 Å². The third-order valence-electron chi connectivity index (χ3n) is 12.7. The minimum absolute atomic E-state index is 0.0642. The van der Waals surface area contributed by atoms with Gasteiger partial charge in [-0.15, -0.1) is 0 Å². The van der Waals surface area contributed by atoms with Gasteiger partial charge in [0.1, 0.15) is 35.1 Å². The predicted octanol–water partition coefficient (Wildman–Crippen LogP) is 6.92. The number of phenols is 1. The molecule has 1 spiro atoms. The van der Waals surface area contributed by atoms with Crippen molar-refractivity contribution in [2.75, 3.05) is 62.2 Å². The molecule has 0 aliphatic carbocycles. The van der Waals surface area contributed by atoms with Crippen molar-refractivity contribution in [1.29, 1.82) is 0 Å². The zero-order chi connectivity index (χ0) is 37.1. The zero-order valence-electron chi connectivity index (χ0n) is 31.8. The van der Waals surface area contributed by atoms with Gasteiger partial charge in [0, 0.05) is 74.0 Å². The van der Waals surface area contributed by atoms with E-state index in [1.165, 1.54) is 0 Å². The Morgan fingerprint density at radius 2 is 1.81 bits per heavy atom. The summed E-state index contributed by atoms with van der Waals surface area (Å²) < 4.78 is 28.9. The Hall–Kier alpha value is -4.55. The van der Waals surface area contributed by atoms with E-state index in [4.69, 9.17) is 24.2 Å².